The first kappa shape index (κ1) is 21.9. The summed E-state index contributed by atoms with van der Waals surface area (Å²) in [5, 5.41) is 3.32. The van der Waals surface area contributed by atoms with Crippen LogP contribution in [0.25, 0.3) is 22.2 Å². The average Bonchev–Trinajstić information content (AvgIpc) is 3.43. The van der Waals surface area contributed by atoms with Crippen molar-refractivity contribution in [2.45, 2.75) is 25.5 Å². The number of ether oxygens (including phenoxy) is 1. The van der Waals surface area contributed by atoms with Gasteiger partial charge in [0.15, 0.2) is 0 Å². The van der Waals surface area contributed by atoms with E-state index in [0.29, 0.717) is 35.0 Å². The molecule has 4 aromatic rings. The molecule has 2 aliphatic rings. The first-order valence-electron chi connectivity index (χ1n) is 11.7. The molecule has 1 fully saturated rings. The zero-order valence-electron chi connectivity index (χ0n) is 18.9. The summed E-state index contributed by atoms with van der Waals surface area (Å²) in [6, 6.07) is 13.6. The molecule has 1 N–H and O–H groups in total. The van der Waals surface area contributed by atoms with Crippen LogP contribution in [0.15, 0.2) is 54.7 Å². The highest BCUT2D eigenvalue weighted by atomic mass is 19.3. The summed E-state index contributed by atoms with van der Waals surface area (Å²) in [5.41, 5.74) is 3.08. The van der Waals surface area contributed by atoms with E-state index in [1.165, 1.54) is 6.07 Å². The van der Waals surface area contributed by atoms with Gasteiger partial charge in [-0.1, -0.05) is 18.2 Å². The van der Waals surface area contributed by atoms with Gasteiger partial charge in [-0.2, -0.15) is 8.78 Å². The molecule has 0 aliphatic carbocycles. The maximum Gasteiger partial charge on any atom is 0.387 e. The number of para-hydroxylation sites is 1. The Kier molecular flexibility index (Phi) is 5.56. The average molecular weight is 480 g/mol. The van der Waals surface area contributed by atoms with Crippen LogP contribution in [0.1, 0.15) is 23.9 Å². The lowest BCUT2D eigenvalue weighted by Crippen LogP contribution is -2.43. The van der Waals surface area contributed by atoms with E-state index in [1.54, 1.807) is 30.5 Å². The Morgan fingerprint density at radius 1 is 1.06 bits per heavy atom. The molecule has 180 valence electrons. The van der Waals surface area contributed by atoms with E-state index < -0.39 is 6.61 Å². The molecule has 1 saturated heterocycles. The Bertz CT molecular complexity index is 1370. The maximum absolute atomic E-state index is 15.2. The molecule has 6 rings (SSSR count). The van der Waals surface area contributed by atoms with Gasteiger partial charge in [-0.05, 0) is 30.7 Å². The zero-order valence-corrected chi connectivity index (χ0v) is 18.9. The van der Waals surface area contributed by atoms with Crippen molar-refractivity contribution >= 4 is 16.9 Å². The molecule has 6 nitrogen and oxygen atoms in total. The lowest BCUT2D eigenvalue weighted by Gasteiger charge is -2.28. The second kappa shape index (κ2) is 8.88. The summed E-state index contributed by atoms with van der Waals surface area (Å²) in [6.45, 7) is 0.676. The van der Waals surface area contributed by atoms with Crippen LogP contribution in [-0.4, -0.2) is 47.3 Å². The number of alkyl halides is 2. The number of pyridine rings is 1. The summed E-state index contributed by atoms with van der Waals surface area (Å²) < 4.78 is 48.0. The van der Waals surface area contributed by atoms with Crippen LogP contribution in [0, 0.1) is 5.82 Å². The third kappa shape index (κ3) is 3.99. The number of benzene rings is 2. The number of nitrogens with one attached hydrogen (secondary N) is 1. The first-order valence-corrected chi connectivity index (χ1v) is 11.7. The summed E-state index contributed by atoms with van der Waals surface area (Å²) >= 11 is 0. The summed E-state index contributed by atoms with van der Waals surface area (Å²) in [6.07, 6.45) is 3.07. The Morgan fingerprint density at radius 2 is 1.89 bits per heavy atom. The predicted octanol–water partition coefficient (Wildman–Crippen LogP) is 4.78. The minimum absolute atomic E-state index is 0.150. The number of nitrogens with zero attached hydrogens (tertiary/aromatic N) is 4. The topological polar surface area (TPSA) is 55.2 Å². The molecule has 0 unspecified atom stereocenters. The Balaban J connectivity index is 1.39. The van der Waals surface area contributed by atoms with Crippen molar-refractivity contribution in [2.24, 2.45) is 0 Å². The smallest absolute Gasteiger partial charge is 0.387 e. The Morgan fingerprint density at radius 3 is 2.66 bits per heavy atom. The van der Waals surface area contributed by atoms with E-state index in [2.05, 4.69) is 20.2 Å². The van der Waals surface area contributed by atoms with Gasteiger partial charge in [0, 0.05) is 61.6 Å². The SMILES string of the molecule is Fc1cc2nc3n(c2cc1-c1ccc(N2CCNCC2)nc1)[C@@H](c1ccccc1OC(F)F)CC3. The predicted molar refractivity (Wildman–Crippen MR) is 128 cm³/mol. The number of hydrogen-bond donors (Lipinski definition) is 1. The summed E-state index contributed by atoms with van der Waals surface area (Å²) in [5.74, 6) is 1.46. The number of hydrogen-bond acceptors (Lipinski definition) is 5. The number of halogens is 3. The molecule has 0 spiro atoms. The van der Waals surface area contributed by atoms with Gasteiger partial charge in [0.25, 0.3) is 0 Å². The maximum atomic E-state index is 15.2. The van der Waals surface area contributed by atoms with Gasteiger partial charge in [-0.25, -0.2) is 14.4 Å². The van der Waals surface area contributed by atoms with E-state index in [1.807, 2.05) is 22.8 Å². The summed E-state index contributed by atoms with van der Waals surface area (Å²) in [4.78, 5) is 11.4. The Hall–Kier alpha value is -3.59. The van der Waals surface area contributed by atoms with Crippen LogP contribution in [0.2, 0.25) is 0 Å². The molecular formula is C26H24F3N5O. The normalized spacial score (nSPS) is 17.8. The fraction of sp³-hybridized carbons (Fsp3) is 0.308. The molecule has 0 radical (unpaired) electrons. The molecular weight excluding hydrogens is 455 g/mol. The molecule has 2 aromatic carbocycles. The zero-order chi connectivity index (χ0) is 23.9. The number of aromatic nitrogens is 3. The third-order valence-electron chi connectivity index (χ3n) is 6.80. The highest BCUT2D eigenvalue weighted by Crippen LogP contribution is 2.40. The summed E-state index contributed by atoms with van der Waals surface area (Å²) in [7, 11) is 0. The molecule has 0 bridgehead atoms. The third-order valence-corrected chi connectivity index (χ3v) is 6.80. The Labute approximate surface area is 200 Å². The minimum atomic E-state index is -2.91. The number of aryl methyl sites for hydroxylation is 1. The lowest BCUT2D eigenvalue weighted by atomic mass is 10.0. The van der Waals surface area contributed by atoms with Crippen LogP contribution in [0.4, 0.5) is 19.0 Å². The molecule has 9 heteroatoms. The van der Waals surface area contributed by atoms with Crippen LogP contribution in [-0.2, 0) is 6.42 Å². The minimum Gasteiger partial charge on any atom is -0.434 e. The highest BCUT2D eigenvalue weighted by molar-refractivity contribution is 5.84. The van der Waals surface area contributed by atoms with Crippen molar-refractivity contribution in [3.05, 3.63) is 71.9 Å². The van der Waals surface area contributed by atoms with Crippen molar-refractivity contribution in [2.75, 3.05) is 31.1 Å². The standard InChI is InChI=1S/C26H24F3N5O/c27-19-14-20-22(13-18(19)16-5-7-24(31-15-16)33-11-9-30-10-12-33)34-21(6-8-25(34)32-20)17-3-1-2-4-23(17)35-26(28)29/h1-5,7,13-15,21,26,30H,6,8-12H2/t21-/m1/s1. The van der Waals surface area contributed by atoms with Gasteiger partial charge in [-0.15, -0.1) is 0 Å². The number of fused-ring (bicyclic) bond motifs is 3. The van der Waals surface area contributed by atoms with Gasteiger partial charge < -0.3 is 19.5 Å². The highest BCUT2D eigenvalue weighted by Gasteiger charge is 2.30. The molecule has 2 aromatic heterocycles. The van der Waals surface area contributed by atoms with E-state index in [0.717, 1.165) is 43.3 Å². The largest absolute Gasteiger partial charge is 0.434 e. The van der Waals surface area contributed by atoms with Crippen LogP contribution in [0.3, 0.4) is 0 Å². The second-order valence-corrected chi connectivity index (χ2v) is 8.83. The number of imidazole rings is 1. The van der Waals surface area contributed by atoms with Gasteiger partial charge in [0.05, 0.1) is 17.1 Å². The van der Waals surface area contributed by atoms with Crippen LogP contribution >= 0.6 is 0 Å². The molecule has 0 amide bonds. The molecule has 1 atom stereocenters. The van der Waals surface area contributed by atoms with E-state index >= 15 is 4.39 Å². The second-order valence-electron chi connectivity index (χ2n) is 8.83. The van der Waals surface area contributed by atoms with Crippen LogP contribution < -0.4 is 15.0 Å². The number of rotatable bonds is 5. The van der Waals surface area contributed by atoms with Crippen molar-refractivity contribution in [3.8, 4) is 16.9 Å². The quantitative estimate of drug-likeness (QED) is 0.446. The van der Waals surface area contributed by atoms with Gasteiger partial charge in [0.2, 0.25) is 0 Å². The molecule has 4 heterocycles. The van der Waals surface area contributed by atoms with Gasteiger partial charge >= 0.3 is 6.61 Å². The first-order chi connectivity index (χ1) is 17.1. The van der Waals surface area contributed by atoms with Gasteiger partial charge in [-0.3, -0.25) is 0 Å². The molecule has 35 heavy (non-hydrogen) atoms. The lowest BCUT2D eigenvalue weighted by molar-refractivity contribution is -0.0506. The van der Waals surface area contributed by atoms with Crippen molar-refractivity contribution in [3.63, 3.8) is 0 Å². The molecule has 0 saturated carbocycles. The van der Waals surface area contributed by atoms with E-state index in [-0.39, 0.29) is 17.6 Å². The van der Waals surface area contributed by atoms with Crippen LogP contribution in [0.5, 0.6) is 5.75 Å². The number of piperazine rings is 1. The monoisotopic (exact) mass is 479 g/mol. The van der Waals surface area contributed by atoms with E-state index in [9.17, 15) is 8.78 Å². The van der Waals surface area contributed by atoms with Gasteiger partial charge in [0.1, 0.15) is 23.2 Å². The molecule has 2 aliphatic heterocycles. The fourth-order valence-electron chi connectivity index (χ4n) is 5.19. The number of anilines is 1. The van der Waals surface area contributed by atoms with Crippen molar-refractivity contribution in [1.82, 2.24) is 19.9 Å². The van der Waals surface area contributed by atoms with Crippen molar-refractivity contribution < 1.29 is 17.9 Å². The van der Waals surface area contributed by atoms with Crippen molar-refractivity contribution in [1.29, 1.82) is 0 Å². The fourth-order valence-corrected chi connectivity index (χ4v) is 5.19. The van der Waals surface area contributed by atoms with E-state index in [4.69, 9.17) is 4.74 Å².